The number of likely N-dealkylation sites (tertiary alicyclic amines) is 1. The van der Waals surface area contributed by atoms with E-state index in [2.05, 4.69) is 4.98 Å². The lowest BCUT2D eigenvalue weighted by molar-refractivity contribution is 0.0222. The zero-order chi connectivity index (χ0) is 14.5. The molecule has 1 fully saturated rings. The summed E-state index contributed by atoms with van der Waals surface area (Å²) in [6.07, 6.45) is 2.75. The van der Waals surface area contributed by atoms with Crippen LogP contribution in [-0.2, 0) is 4.74 Å². The summed E-state index contributed by atoms with van der Waals surface area (Å²) < 4.78 is 24.7. The highest BCUT2D eigenvalue weighted by atomic mass is 19.1. The third-order valence-electron chi connectivity index (χ3n) is 3.41. The minimum atomic E-state index is -0.558. The molecule has 3 heterocycles. The molecule has 0 aromatic carbocycles. The molecule has 0 N–H and O–H groups in total. The monoisotopic (exact) mass is 280 g/mol. The third-order valence-corrected chi connectivity index (χ3v) is 3.41. The number of carbonyl (C=O) groups is 1. The Bertz CT molecular complexity index is 556. The van der Waals surface area contributed by atoms with E-state index in [9.17, 15) is 9.18 Å². The molecule has 1 amide bonds. The van der Waals surface area contributed by atoms with Crippen LogP contribution in [0.5, 0.6) is 5.75 Å². The van der Waals surface area contributed by atoms with Crippen molar-refractivity contribution < 1.29 is 18.7 Å². The molecule has 5 nitrogen and oxygen atoms in total. The average Bonchev–Trinajstić information content (AvgIpc) is 2.67. The lowest BCUT2D eigenvalue weighted by Gasteiger charge is -2.28. The van der Waals surface area contributed by atoms with Gasteiger partial charge in [0, 0.05) is 18.2 Å². The second kappa shape index (κ2) is 4.33. The van der Waals surface area contributed by atoms with Crippen LogP contribution < -0.4 is 4.74 Å². The van der Waals surface area contributed by atoms with E-state index in [0.29, 0.717) is 18.5 Å². The Hall–Kier alpha value is -1.85. The number of hydrogen-bond donors (Lipinski definition) is 0. The molecule has 1 saturated heterocycles. The molecule has 0 spiro atoms. The molecule has 6 heteroatoms. The largest absolute Gasteiger partial charge is 0.485 e. The Morgan fingerprint density at radius 3 is 2.95 bits per heavy atom. The molecule has 2 bridgehead atoms. The lowest BCUT2D eigenvalue weighted by atomic mass is 10.0. The predicted octanol–water partition coefficient (Wildman–Crippen LogP) is 2.66. The normalized spacial score (nSPS) is 24.1. The van der Waals surface area contributed by atoms with Gasteiger partial charge < -0.3 is 9.47 Å². The fourth-order valence-corrected chi connectivity index (χ4v) is 2.67. The Morgan fingerprint density at radius 2 is 2.25 bits per heavy atom. The van der Waals surface area contributed by atoms with Crippen molar-refractivity contribution in [1.82, 2.24) is 9.88 Å². The van der Waals surface area contributed by atoms with Gasteiger partial charge in [-0.2, -0.15) is 0 Å². The fraction of sp³-hybridized carbons (Fsp3) is 0.571. The molecule has 1 aromatic rings. The van der Waals surface area contributed by atoms with Gasteiger partial charge in [-0.15, -0.1) is 0 Å². The number of halogens is 1. The zero-order valence-corrected chi connectivity index (χ0v) is 11.7. The highest BCUT2D eigenvalue weighted by Gasteiger charge is 2.45. The smallest absolute Gasteiger partial charge is 0.410 e. The molecule has 0 aliphatic carbocycles. The molecule has 20 heavy (non-hydrogen) atoms. The van der Waals surface area contributed by atoms with Gasteiger partial charge in [-0.25, -0.2) is 9.18 Å². The Labute approximate surface area is 116 Å². The SMILES string of the molecule is CC(C)(C)OC(=O)N1C[C@@H]2C[C@H]1c1cncc(F)c1O2. The number of carbonyl (C=O) groups excluding carboxylic acids is 1. The minimum Gasteiger partial charge on any atom is -0.485 e. The van der Waals surface area contributed by atoms with Crippen molar-refractivity contribution in [3.63, 3.8) is 0 Å². The van der Waals surface area contributed by atoms with E-state index in [1.165, 1.54) is 0 Å². The van der Waals surface area contributed by atoms with Gasteiger partial charge in [-0.05, 0) is 20.8 Å². The van der Waals surface area contributed by atoms with Crippen LogP contribution in [0.1, 0.15) is 38.8 Å². The van der Waals surface area contributed by atoms with Gasteiger partial charge in [0.1, 0.15) is 11.7 Å². The highest BCUT2D eigenvalue weighted by molar-refractivity contribution is 5.70. The summed E-state index contributed by atoms with van der Waals surface area (Å²) in [4.78, 5) is 17.7. The maximum atomic E-state index is 13.7. The summed E-state index contributed by atoms with van der Waals surface area (Å²) in [5.41, 5.74) is 0.0575. The van der Waals surface area contributed by atoms with Gasteiger partial charge in [-0.3, -0.25) is 9.88 Å². The van der Waals surface area contributed by atoms with E-state index < -0.39 is 17.5 Å². The molecule has 108 valence electrons. The lowest BCUT2D eigenvalue weighted by Crippen LogP contribution is -2.36. The second-order valence-corrected chi connectivity index (χ2v) is 6.16. The zero-order valence-electron chi connectivity index (χ0n) is 11.7. The van der Waals surface area contributed by atoms with Crippen LogP contribution >= 0.6 is 0 Å². The van der Waals surface area contributed by atoms with Gasteiger partial charge in [0.25, 0.3) is 0 Å². The van der Waals surface area contributed by atoms with Crippen LogP contribution in [-0.4, -0.2) is 34.2 Å². The minimum absolute atomic E-state index is 0.183. The first-order chi connectivity index (χ1) is 9.35. The van der Waals surface area contributed by atoms with Crippen molar-refractivity contribution in [3.8, 4) is 5.75 Å². The predicted molar refractivity (Wildman–Crippen MR) is 68.9 cm³/mol. The van der Waals surface area contributed by atoms with Crippen LogP contribution in [0.4, 0.5) is 9.18 Å². The number of rotatable bonds is 0. The third kappa shape index (κ3) is 2.19. The van der Waals surface area contributed by atoms with Crippen LogP contribution in [0.25, 0.3) is 0 Å². The first-order valence-corrected chi connectivity index (χ1v) is 6.65. The molecule has 0 unspecified atom stereocenters. The van der Waals surface area contributed by atoms with Crippen molar-refractivity contribution >= 4 is 6.09 Å². The van der Waals surface area contributed by atoms with Crippen molar-refractivity contribution in [3.05, 3.63) is 23.8 Å². The average molecular weight is 280 g/mol. The van der Waals surface area contributed by atoms with Gasteiger partial charge in [0.2, 0.25) is 0 Å². The van der Waals surface area contributed by atoms with E-state index in [1.54, 1.807) is 11.1 Å². The van der Waals surface area contributed by atoms with Crippen LogP contribution in [0.15, 0.2) is 12.4 Å². The van der Waals surface area contributed by atoms with Gasteiger partial charge in [-0.1, -0.05) is 0 Å². The number of amides is 1. The molecular weight excluding hydrogens is 263 g/mol. The molecule has 1 aromatic heterocycles. The van der Waals surface area contributed by atoms with E-state index in [1.807, 2.05) is 20.8 Å². The van der Waals surface area contributed by atoms with E-state index in [-0.39, 0.29) is 17.9 Å². The Kier molecular flexibility index (Phi) is 2.84. The molecule has 2 aliphatic rings. The molecule has 0 saturated carbocycles. The van der Waals surface area contributed by atoms with Crippen molar-refractivity contribution in [2.24, 2.45) is 0 Å². The molecular formula is C14H17FN2O3. The van der Waals surface area contributed by atoms with Crippen molar-refractivity contribution in [2.75, 3.05) is 6.54 Å². The maximum absolute atomic E-state index is 13.7. The van der Waals surface area contributed by atoms with Crippen molar-refractivity contribution in [1.29, 1.82) is 0 Å². The van der Waals surface area contributed by atoms with Crippen molar-refractivity contribution in [2.45, 2.75) is 44.9 Å². The van der Waals surface area contributed by atoms with Gasteiger partial charge in [0.05, 0.1) is 18.8 Å². The molecule has 3 rings (SSSR count). The van der Waals surface area contributed by atoms with Crippen LogP contribution in [0, 0.1) is 5.82 Å². The summed E-state index contributed by atoms with van der Waals surface area (Å²) in [5, 5.41) is 0. The highest BCUT2D eigenvalue weighted by Crippen LogP contribution is 2.44. The molecule has 2 atom stereocenters. The van der Waals surface area contributed by atoms with E-state index >= 15 is 0 Å². The number of hydrogen-bond acceptors (Lipinski definition) is 4. The standard InChI is InChI=1S/C14H17FN2O3/c1-14(2,3)20-13(18)17-7-8-4-11(17)9-5-16-6-10(15)12(9)19-8/h5-6,8,11H,4,7H2,1-3H3/t8-,11-/m0/s1. The number of ether oxygens (including phenoxy) is 2. The topological polar surface area (TPSA) is 51.7 Å². The number of fused-ring (bicyclic) bond motifs is 4. The summed E-state index contributed by atoms with van der Waals surface area (Å²) in [7, 11) is 0. The maximum Gasteiger partial charge on any atom is 0.410 e. The summed E-state index contributed by atoms with van der Waals surface area (Å²) >= 11 is 0. The first-order valence-electron chi connectivity index (χ1n) is 6.65. The molecule has 2 aliphatic heterocycles. The quantitative estimate of drug-likeness (QED) is 0.733. The van der Waals surface area contributed by atoms with Gasteiger partial charge >= 0.3 is 6.09 Å². The summed E-state index contributed by atoms with van der Waals surface area (Å²) in [5.74, 6) is -0.268. The number of nitrogens with zero attached hydrogens (tertiary/aromatic N) is 2. The summed E-state index contributed by atoms with van der Waals surface area (Å²) in [6.45, 7) is 5.87. The first kappa shape index (κ1) is 13.1. The second-order valence-electron chi connectivity index (χ2n) is 6.16. The molecule has 0 radical (unpaired) electrons. The van der Waals surface area contributed by atoms with Gasteiger partial charge in [0.15, 0.2) is 11.6 Å². The fourth-order valence-electron chi connectivity index (χ4n) is 2.67. The van der Waals surface area contributed by atoms with E-state index in [4.69, 9.17) is 9.47 Å². The van der Waals surface area contributed by atoms with E-state index in [0.717, 1.165) is 6.20 Å². The van der Waals surface area contributed by atoms with Crippen LogP contribution in [0.2, 0.25) is 0 Å². The number of pyridine rings is 1. The van der Waals surface area contributed by atoms with Crippen LogP contribution in [0.3, 0.4) is 0 Å². The Balaban J connectivity index is 1.89. The Morgan fingerprint density at radius 1 is 1.50 bits per heavy atom. The summed E-state index contributed by atoms with van der Waals surface area (Å²) in [6, 6.07) is -0.221. The number of aromatic nitrogens is 1.